The predicted molar refractivity (Wildman–Crippen MR) is 138 cm³/mol. The third kappa shape index (κ3) is 4.05. The van der Waals surface area contributed by atoms with Crippen LogP contribution >= 0.6 is 0 Å². The summed E-state index contributed by atoms with van der Waals surface area (Å²) in [7, 11) is 3.92. The minimum absolute atomic E-state index is 0.229. The molecule has 1 aliphatic rings. The first-order valence-corrected chi connectivity index (χ1v) is 11.8. The van der Waals surface area contributed by atoms with Crippen molar-refractivity contribution in [1.29, 1.82) is 0 Å². The summed E-state index contributed by atoms with van der Waals surface area (Å²) in [6, 6.07) is 12.0. The molecule has 6 rings (SSSR count). The molecular weight excluding hydrogens is 456 g/mol. The fraction of sp³-hybridized carbons (Fsp3) is 0.269. The average molecular weight is 483 g/mol. The van der Waals surface area contributed by atoms with Gasteiger partial charge in [0.2, 0.25) is 5.95 Å². The van der Waals surface area contributed by atoms with Crippen LogP contribution in [-0.2, 0) is 7.05 Å². The first kappa shape index (κ1) is 22.2. The lowest BCUT2D eigenvalue weighted by molar-refractivity contribution is 0.0746. The molecule has 1 aliphatic carbocycles. The molecule has 5 aromatic rings. The Morgan fingerprint density at radius 2 is 1.92 bits per heavy atom. The first-order chi connectivity index (χ1) is 17.4. The zero-order valence-corrected chi connectivity index (χ0v) is 20.3. The van der Waals surface area contributed by atoms with Gasteiger partial charge in [-0.05, 0) is 55.7 Å². The van der Waals surface area contributed by atoms with E-state index in [1.54, 1.807) is 12.5 Å². The van der Waals surface area contributed by atoms with Crippen LogP contribution in [0.3, 0.4) is 0 Å². The molecule has 0 spiro atoms. The molecule has 1 saturated carbocycles. The average Bonchev–Trinajstić information content (AvgIpc) is 3.23. The number of anilines is 3. The summed E-state index contributed by atoms with van der Waals surface area (Å²) in [4.78, 5) is 24.3. The van der Waals surface area contributed by atoms with Crippen LogP contribution in [0, 0.1) is 6.92 Å². The third-order valence-electron chi connectivity index (χ3n) is 6.68. The summed E-state index contributed by atoms with van der Waals surface area (Å²) in [6.07, 6.45) is 6.19. The number of hydrogen-bond donors (Lipinski definition) is 2. The Morgan fingerprint density at radius 1 is 1.06 bits per heavy atom. The topological polar surface area (TPSA) is 114 Å². The van der Waals surface area contributed by atoms with Crippen molar-refractivity contribution in [2.24, 2.45) is 7.05 Å². The van der Waals surface area contributed by atoms with Gasteiger partial charge in [0.1, 0.15) is 28.9 Å². The van der Waals surface area contributed by atoms with Crippen LogP contribution in [-0.4, -0.2) is 53.8 Å². The molecule has 0 bridgehead atoms. The minimum Gasteiger partial charge on any atom is -0.457 e. The van der Waals surface area contributed by atoms with Crippen LogP contribution < -0.4 is 15.0 Å². The van der Waals surface area contributed by atoms with E-state index in [9.17, 15) is 5.11 Å². The van der Waals surface area contributed by atoms with Crippen molar-refractivity contribution in [3.05, 3.63) is 60.8 Å². The molecule has 0 atom stereocenters. The molecule has 2 N–H and O–H groups in total. The van der Waals surface area contributed by atoms with Crippen molar-refractivity contribution in [1.82, 2.24) is 29.5 Å². The fourth-order valence-corrected chi connectivity index (χ4v) is 4.43. The number of imidazole rings is 1. The molecule has 10 nitrogen and oxygen atoms in total. The molecule has 36 heavy (non-hydrogen) atoms. The lowest BCUT2D eigenvalue weighted by Gasteiger charge is -2.38. The number of rotatable bonds is 6. The Morgan fingerprint density at radius 3 is 2.72 bits per heavy atom. The SMILES string of the molecule is Cc1cc(Nc2ncnc3cnc(N(C)[C@H]4C[C@H](O)C4)nc23)ccc1Oc1ccc2c(c1)ncn2C. The van der Waals surface area contributed by atoms with Gasteiger partial charge in [0.25, 0.3) is 0 Å². The van der Waals surface area contributed by atoms with Crippen molar-refractivity contribution < 1.29 is 9.84 Å². The number of aliphatic hydroxyl groups is 1. The van der Waals surface area contributed by atoms with E-state index >= 15 is 0 Å². The maximum Gasteiger partial charge on any atom is 0.226 e. The minimum atomic E-state index is -0.244. The van der Waals surface area contributed by atoms with Crippen LogP contribution in [0.5, 0.6) is 11.5 Å². The smallest absolute Gasteiger partial charge is 0.226 e. The largest absolute Gasteiger partial charge is 0.457 e. The zero-order chi connectivity index (χ0) is 24.8. The van der Waals surface area contributed by atoms with Gasteiger partial charge >= 0.3 is 0 Å². The van der Waals surface area contributed by atoms with E-state index in [1.165, 1.54) is 6.33 Å². The van der Waals surface area contributed by atoms with Crippen LogP contribution in [0.1, 0.15) is 18.4 Å². The molecule has 0 amide bonds. The number of benzene rings is 2. The van der Waals surface area contributed by atoms with Crippen LogP contribution in [0.2, 0.25) is 0 Å². The van der Waals surface area contributed by atoms with Crippen molar-refractivity contribution in [3.8, 4) is 11.5 Å². The van der Waals surface area contributed by atoms with E-state index in [4.69, 9.17) is 9.72 Å². The highest BCUT2D eigenvalue weighted by Crippen LogP contribution is 2.32. The highest BCUT2D eigenvalue weighted by Gasteiger charge is 2.31. The molecule has 3 aromatic heterocycles. The van der Waals surface area contributed by atoms with Gasteiger partial charge in [-0.2, -0.15) is 0 Å². The van der Waals surface area contributed by atoms with Gasteiger partial charge < -0.3 is 24.6 Å². The lowest BCUT2D eigenvalue weighted by atomic mass is 9.88. The Balaban J connectivity index is 1.24. The van der Waals surface area contributed by atoms with Gasteiger partial charge in [-0.1, -0.05) is 0 Å². The molecule has 0 aliphatic heterocycles. The second-order valence-electron chi connectivity index (χ2n) is 9.23. The number of aryl methyl sites for hydroxylation is 2. The van der Waals surface area contributed by atoms with E-state index in [1.807, 2.05) is 66.9 Å². The standard InChI is InChI=1S/C26H26N8O2/c1-15-8-16(4-7-23(15)36-19-5-6-22-20(11-19)30-14-33(22)2)31-25-24-21(28-13-29-25)12-27-26(32-24)34(3)17-9-18(35)10-17/h4-8,11-14,17-18,35H,9-10H2,1-3H3,(H,28,29,31)/t17-,18-. The van der Waals surface area contributed by atoms with Gasteiger partial charge in [-0.3, -0.25) is 0 Å². The molecular formula is C26H26N8O2. The Labute approximate surface area is 207 Å². The number of aliphatic hydroxyl groups excluding tert-OH is 1. The van der Waals surface area contributed by atoms with Crippen molar-refractivity contribution in [2.75, 3.05) is 17.3 Å². The van der Waals surface area contributed by atoms with Gasteiger partial charge in [0, 0.05) is 31.9 Å². The second kappa shape index (κ2) is 8.72. The number of ether oxygens (including phenoxy) is 1. The summed E-state index contributed by atoms with van der Waals surface area (Å²) in [5.74, 6) is 2.68. The van der Waals surface area contributed by atoms with E-state index in [0.29, 0.717) is 22.8 Å². The maximum absolute atomic E-state index is 9.65. The van der Waals surface area contributed by atoms with E-state index in [-0.39, 0.29) is 12.1 Å². The molecule has 1 fully saturated rings. The quantitative estimate of drug-likeness (QED) is 0.369. The van der Waals surface area contributed by atoms with Crippen molar-refractivity contribution >= 4 is 39.5 Å². The number of hydrogen-bond acceptors (Lipinski definition) is 9. The molecule has 3 heterocycles. The molecule has 0 unspecified atom stereocenters. The van der Waals surface area contributed by atoms with Crippen LogP contribution in [0.15, 0.2) is 55.2 Å². The Bertz CT molecular complexity index is 1580. The molecule has 10 heteroatoms. The zero-order valence-electron chi connectivity index (χ0n) is 20.3. The Kier molecular flexibility index (Phi) is 5.37. The summed E-state index contributed by atoms with van der Waals surface area (Å²) in [5, 5.41) is 13.0. The molecule has 2 aromatic carbocycles. The molecule has 0 saturated heterocycles. The van der Waals surface area contributed by atoms with E-state index in [0.717, 1.165) is 46.6 Å². The van der Waals surface area contributed by atoms with Crippen molar-refractivity contribution in [3.63, 3.8) is 0 Å². The number of aromatic nitrogens is 6. The summed E-state index contributed by atoms with van der Waals surface area (Å²) >= 11 is 0. The third-order valence-corrected chi connectivity index (χ3v) is 6.68. The molecule has 182 valence electrons. The van der Waals surface area contributed by atoms with Gasteiger partial charge in [-0.15, -0.1) is 0 Å². The highest BCUT2D eigenvalue weighted by atomic mass is 16.5. The maximum atomic E-state index is 9.65. The summed E-state index contributed by atoms with van der Waals surface area (Å²) in [5.41, 5.74) is 5.06. The van der Waals surface area contributed by atoms with Gasteiger partial charge in [-0.25, -0.2) is 24.9 Å². The predicted octanol–water partition coefficient (Wildman–Crippen LogP) is 4.11. The summed E-state index contributed by atoms with van der Waals surface area (Å²) in [6.45, 7) is 2.00. The highest BCUT2D eigenvalue weighted by molar-refractivity contribution is 5.87. The van der Waals surface area contributed by atoms with Crippen molar-refractivity contribution in [2.45, 2.75) is 31.9 Å². The van der Waals surface area contributed by atoms with Crippen LogP contribution in [0.25, 0.3) is 22.1 Å². The second-order valence-corrected chi connectivity index (χ2v) is 9.23. The van der Waals surface area contributed by atoms with Crippen LogP contribution in [0.4, 0.5) is 17.5 Å². The normalized spacial score (nSPS) is 17.2. The fourth-order valence-electron chi connectivity index (χ4n) is 4.43. The Hall–Kier alpha value is -4.31. The monoisotopic (exact) mass is 482 g/mol. The van der Waals surface area contributed by atoms with Gasteiger partial charge in [0.05, 0.1) is 29.7 Å². The lowest BCUT2D eigenvalue weighted by Crippen LogP contribution is -2.46. The number of nitrogens with zero attached hydrogens (tertiary/aromatic N) is 7. The van der Waals surface area contributed by atoms with E-state index < -0.39 is 0 Å². The molecule has 0 radical (unpaired) electrons. The summed E-state index contributed by atoms with van der Waals surface area (Å²) < 4.78 is 8.12. The van der Waals surface area contributed by atoms with Gasteiger partial charge in [0.15, 0.2) is 5.82 Å². The van der Waals surface area contributed by atoms with E-state index in [2.05, 4.69) is 25.3 Å². The first-order valence-electron chi connectivity index (χ1n) is 11.8. The number of nitrogens with one attached hydrogen (secondary N) is 1. The number of fused-ring (bicyclic) bond motifs is 2.